The lowest BCUT2D eigenvalue weighted by atomic mass is 9.98. The van der Waals surface area contributed by atoms with Crippen molar-refractivity contribution in [2.75, 3.05) is 0 Å². The predicted molar refractivity (Wildman–Crippen MR) is 157 cm³/mol. The van der Waals surface area contributed by atoms with Crippen molar-refractivity contribution >= 4 is 49.1 Å². The van der Waals surface area contributed by atoms with Crippen molar-refractivity contribution in [3.63, 3.8) is 0 Å². The van der Waals surface area contributed by atoms with Crippen molar-refractivity contribution < 1.29 is 0 Å². The number of hydrogen-bond donors (Lipinski definition) is 0. The lowest BCUT2D eigenvalue weighted by molar-refractivity contribution is 1.19. The molecule has 4 aromatic carbocycles. The van der Waals surface area contributed by atoms with Crippen LogP contribution in [0.1, 0.15) is 0 Å². The van der Waals surface area contributed by atoms with E-state index in [2.05, 4.69) is 95.4 Å². The van der Waals surface area contributed by atoms with E-state index in [4.69, 9.17) is 15.0 Å². The molecule has 178 valence electrons. The maximum Gasteiger partial charge on any atom is 0.165 e. The second-order valence-corrected chi connectivity index (χ2v) is 10.4. The van der Waals surface area contributed by atoms with Crippen LogP contribution in [0, 0.1) is 0 Å². The van der Waals surface area contributed by atoms with E-state index < -0.39 is 0 Å². The van der Waals surface area contributed by atoms with Crippen molar-refractivity contribution in [1.29, 1.82) is 0 Å². The van der Waals surface area contributed by atoms with Crippen LogP contribution in [0.5, 0.6) is 0 Å². The van der Waals surface area contributed by atoms with Crippen LogP contribution in [0.3, 0.4) is 0 Å². The molecule has 8 rings (SSSR count). The third-order valence-corrected chi connectivity index (χ3v) is 8.14. The lowest BCUT2D eigenvalue weighted by Gasteiger charge is -2.10. The number of hydrogen-bond acceptors (Lipinski definition) is 4. The van der Waals surface area contributed by atoms with Gasteiger partial charge in [0.05, 0.1) is 15.9 Å². The van der Waals surface area contributed by atoms with E-state index in [1.807, 2.05) is 30.5 Å². The van der Waals surface area contributed by atoms with Gasteiger partial charge in [0.15, 0.2) is 5.65 Å². The number of para-hydroxylation sites is 1. The Morgan fingerprint density at radius 2 is 1.32 bits per heavy atom. The van der Waals surface area contributed by atoms with Gasteiger partial charge in [-0.05, 0) is 41.5 Å². The topological polar surface area (TPSA) is 43.1 Å². The molecule has 8 aromatic rings. The standard InChI is InChI=1S/C33H20N4S/c1-2-11-26-25(10-1)30(36-32-31(26)35-29-14-5-6-19-37(29)32)24-9-7-8-23(20-24)21-15-17-22(18-16-21)33-34-27-12-3-4-13-28(27)38-33/h1-20H. The molecule has 0 radical (unpaired) electrons. The summed E-state index contributed by atoms with van der Waals surface area (Å²) in [5.74, 6) is 0. The molecule has 0 amide bonds. The van der Waals surface area contributed by atoms with E-state index in [0.29, 0.717) is 0 Å². The molecule has 0 bridgehead atoms. The summed E-state index contributed by atoms with van der Waals surface area (Å²) in [4.78, 5) is 14.9. The molecule has 0 aliphatic heterocycles. The van der Waals surface area contributed by atoms with Gasteiger partial charge in [0.25, 0.3) is 0 Å². The van der Waals surface area contributed by atoms with Gasteiger partial charge in [-0.2, -0.15) is 0 Å². The van der Waals surface area contributed by atoms with Gasteiger partial charge in [-0.25, -0.2) is 15.0 Å². The van der Waals surface area contributed by atoms with Crippen molar-refractivity contribution in [3.05, 3.63) is 121 Å². The molecule has 0 aliphatic rings. The molecule has 0 spiro atoms. The monoisotopic (exact) mass is 504 g/mol. The number of rotatable bonds is 3. The van der Waals surface area contributed by atoms with Crippen LogP contribution in [0.25, 0.3) is 70.8 Å². The molecule has 4 nitrogen and oxygen atoms in total. The van der Waals surface area contributed by atoms with Crippen LogP contribution in [-0.4, -0.2) is 19.4 Å². The lowest BCUT2D eigenvalue weighted by Crippen LogP contribution is -1.92. The van der Waals surface area contributed by atoms with E-state index in [0.717, 1.165) is 66.1 Å². The Morgan fingerprint density at radius 3 is 2.21 bits per heavy atom. The van der Waals surface area contributed by atoms with Gasteiger partial charge in [0.1, 0.15) is 16.2 Å². The Labute approximate surface area is 222 Å². The molecule has 38 heavy (non-hydrogen) atoms. The van der Waals surface area contributed by atoms with Crippen LogP contribution in [0.4, 0.5) is 0 Å². The number of benzene rings is 4. The van der Waals surface area contributed by atoms with Gasteiger partial charge < -0.3 is 0 Å². The SMILES string of the molecule is c1cc(-c2ccc(-c3nc4ccccc4s3)cc2)cc(-c2nc3c(nc4ccccn43)c3ccccc23)c1. The van der Waals surface area contributed by atoms with Crippen molar-refractivity contribution in [1.82, 2.24) is 19.4 Å². The minimum atomic E-state index is 0.875. The molecule has 0 N–H and O–H groups in total. The van der Waals surface area contributed by atoms with Crippen LogP contribution >= 0.6 is 11.3 Å². The Morgan fingerprint density at radius 1 is 0.553 bits per heavy atom. The highest BCUT2D eigenvalue weighted by Gasteiger charge is 2.15. The van der Waals surface area contributed by atoms with E-state index >= 15 is 0 Å². The highest BCUT2D eigenvalue weighted by Crippen LogP contribution is 2.35. The fourth-order valence-electron chi connectivity index (χ4n) is 5.20. The van der Waals surface area contributed by atoms with Crippen molar-refractivity contribution in [2.24, 2.45) is 0 Å². The summed E-state index contributed by atoms with van der Waals surface area (Å²) in [6.45, 7) is 0. The zero-order chi connectivity index (χ0) is 25.1. The second-order valence-electron chi connectivity index (χ2n) is 9.36. The number of pyridine rings is 2. The first-order valence-electron chi connectivity index (χ1n) is 12.5. The number of nitrogens with zero attached hydrogens (tertiary/aromatic N) is 4. The van der Waals surface area contributed by atoms with Crippen LogP contribution in [-0.2, 0) is 0 Å². The molecule has 0 atom stereocenters. The largest absolute Gasteiger partial charge is 0.284 e. The fourth-order valence-corrected chi connectivity index (χ4v) is 6.17. The summed E-state index contributed by atoms with van der Waals surface area (Å²) in [5, 5.41) is 3.26. The predicted octanol–water partition coefficient (Wildman–Crippen LogP) is 8.65. The number of thiazole rings is 1. The third kappa shape index (κ3) is 3.33. The zero-order valence-corrected chi connectivity index (χ0v) is 21.1. The molecule has 4 aromatic heterocycles. The molecule has 4 heterocycles. The number of fused-ring (bicyclic) bond motifs is 6. The molecule has 0 unspecified atom stereocenters. The second kappa shape index (κ2) is 8.33. The summed E-state index contributed by atoms with van der Waals surface area (Å²) in [5.41, 5.74) is 9.26. The first-order chi connectivity index (χ1) is 18.8. The van der Waals surface area contributed by atoms with E-state index in [-0.39, 0.29) is 0 Å². The van der Waals surface area contributed by atoms with Gasteiger partial charge >= 0.3 is 0 Å². The number of imidazole rings is 1. The molecular formula is C33H20N4S. The molecule has 0 saturated heterocycles. The normalized spacial score (nSPS) is 11.7. The molecule has 0 saturated carbocycles. The van der Waals surface area contributed by atoms with Crippen molar-refractivity contribution in [3.8, 4) is 33.0 Å². The van der Waals surface area contributed by atoms with E-state index in [9.17, 15) is 0 Å². The average molecular weight is 505 g/mol. The van der Waals surface area contributed by atoms with Gasteiger partial charge in [0, 0.05) is 28.1 Å². The van der Waals surface area contributed by atoms with Gasteiger partial charge in [-0.1, -0.05) is 84.9 Å². The first kappa shape index (κ1) is 21.2. The summed E-state index contributed by atoms with van der Waals surface area (Å²) in [6.07, 6.45) is 2.03. The molecular weight excluding hydrogens is 484 g/mol. The zero-order valence-electron chi connectivity index (χ0n) is 20.2. The summed E-state index contributed by atoms with van der Waals surface area (Å²) < 4.78 is 3.28. The van der Waals surface area contributed by atoms with Gasteiger partial charge in [0.2, 0.25) is 0 Å². The van der Waals surface area contributed by atoms with Crippen LogP contribution in [0.2, 0.25) is 0 Å². The summed E-state index contributed by atoms with van der Waals surface area (Å²) in [6, 6.07) is 40.1. The number of aromatic nitrogens is 4. The summed E-state index contributed by atoms with van der Waals surface area (Å²) in [7, 11) is 0. The molecule has 0 fully saturated rings. The maximum absolute atomic E-state index is 5.16. The Hall–Kier alpha value is -4.87. The Bertz CT molecular complexity index is 2100. The molecule has 0 aliphatic carbocycles. The van der Waals surface area contributed by atoms with E-state index in [1.54, 1.807) is 11.3 Å². The first-order valence-corrected chi connectivity index (χ1v) is 13.4. The Balaban J connectivity index is 1.24. The maximum atomic E-state index is 5.16. The van der Waals surface area contributed by atoms with Crippen molar-refractivity contribution in [2.45, 2.75) is 0 Å². The van der Waals surface area contributed by atoms with E-state index in [1.165, 1.54) is 4.70 Å². The average Bonchev–Trinajstić information content (AvgIpc) is 3.59. The Kier molecular flexibility index (Phi) is 4.66. The quantitative estimate of drug-likeness (QED) is 0.242. The minimum absolute atomic E-state index is 0.875. The molecule has 5 heteroatoms. The van der Waals surface area contributed by atoms with Gasteiger partial charge in [-0.3, -0.25) is 4.40 Å². The smallest absolute Gasteiger partial charge is 0.165 e. The minimum Gasteiger partial charge on any atom is -0.284 e. The third-order valence-electron chi connectivity index (χ3n) is 7.05. The van der Waals surface area contributed by atoms with Gasteiger partial charge in [-0.15, -0.1) is 11.3 Å². The van der Waals surface area contributed by atoms with Crippen LogP contribution < -0.4 is 0 Å². The summed E-state index contributed by atoms with van der Waals surface area (Å²) >= 11 is 1.73. The highest BCUT2D eigenvalue weighted by molar-refractivity contribution is 7.21. The van der Waals surface area contributed by atoms with Crippen LogP contribution in [0.15, 0.2) is 121 Å². The fraction of sp³-hybridized carbons (Fsp3) is 0. The highest BCUT2D eigenvalue weighted by atomic mass is 32.1.